The number of alkyl halides is 6. The zero-order valence-electron chi connectivity index (χ0n) is 9.29. The van der Waals surface area contributed by atoms with E-state index < -0.39 is 44.8 Å². The lowest BCUT2D eigenvalue weighted by molar-refractivity contribution is -0.275. The van der Waals surface area contributed by atoms with Gasteiger partial charge in [0.15, 0.2) is 10.8 Å². The van der Waals surface area contributed by atoms with Crippen molar-refractivity contribution in [3.63, 3.8) is 0 Å². The van der Waals surface area contributed by atoms with Crippen molar-refractivity contribution in [2.75, 3.05) is 0 Å². The van der Waals surface area contributed by atoms with Crippen LogP contribution in [0.15, 0.2) is 11.1 Å². The fourth-order valence-electron chi connectivity index (χ4n) is 1.22. The van der Waals surface area contributed by atoms with E-state index in [9.17, 15) is 30.4 Å². The third-order valence-electron chi connectivity index (χ3n) is 1.91. The van der Waals surface area contributed by atoms with E-state index in [1.165, 1.54) is 0 Å². The molecule has 5 nitrogen and oxygen atoms in total. The Hall–Kier alpha value is -1.01. The van der Waals surface area contributed by atoms with Crippen LogP contribution >= 0.6 is 15.9 Å². The minimum atomic E-state index is -5.14. The molecule has 1 aromatic heterocycles. The summed E-state index contributed by atoms with van der Waals surface area (Å²) in [5.41, 5.74) is -1.80. The number of nitrogens with two attached hydrogens (primary N) is 1. The molecule has 1 aromatic rings. The van der Waals surface area contributed by atoms with E-state index in [1.807, 2.05) is 0 Å². The molecule has 1 rings (SSSR count). The highest BCUT2D eigenvalue weighted by Crippen LogP contribution is 2.33. The molecule has 12 heteroatoms. The standard InChI is InChI=1S/C8H6BrF5N2O3S/c9-2-4-5(19-8(12,13)14)1-3(6(10)11)7(16-4)20(15,17)18/h1,6H,2H2,(H2,15,17,18). The van der Waals surface area contributed by atoms with Crippen molar-refractivity contribution >= 4 is 26.0 Å². The topological polar surface area (TPSA) is 82.3 Å². The molecule has 1 heterocycles. The van der Waals surface area contributed by atoms with Gasteiger partial charge in [0.05, 0.1) is 11.3 Å². The van der Waals surface area contributed by atoms with E-state index in [2.05, 4.69) is 25.7 Å². The van der Waals surface area contributed by atoms with Crippen LogP contribution in [-0.2, 0) is 15.4 Å². The van der Waals surface area contributed by atoms with Crippen LogP contribution in [0.4, 0.5) is 22.0 Å². The molecular formula is C8H6BrF5N2O3S. The lowest BCUT2D eigenvalue weighted by atomic mass is 10.2. The number of hydrogen-bond donors (Lipinski definition) is 1. The fraction of sp³-hybridized carbons (Fsp3) is 0.375. The van der Waals surface area contributed by atoms with Crippen LogP contribution in [-0.4, -0.2) is 19.8 Å². The van der Waals surface area contributed by atoms with Gasteiger partial charge < -0.3 is 4.74 Å². The number of aromatic nitrogens is 1. The molecule has 0 aliphatic heterocycles. The summed E-state index contributed by atoms with van der Waals surface area (Å²) in [6, 6.07) is 0.251. The summed E-state index contributed by atoms with van der Waals surface area (Å²) in [6.07, 6.45) is -8.53. The Kier molecular flexibility index (Phi) is 4.92. The second-order valence-corrected chi connectivity index (χ2v) is 5.39. The average Bonchev–Trinajstić information content (AvgIpc) is 2.24. The molecule has 0 bridgehead atoms. The predicted octanol–water partition coefficient (Wildman–Crippen LogP) is 2.46. The first-order valence-corrected chi connectivity index (χ1v) is 7.29. The van der Waals surface area contributed by atoms with Crippen LogP contribution in [0.1, 0.15) is 17.7 Å². The van der Waals surface area contributed by atoms with Gasteiger partial charge in [0.25, 0.3) is 16.4 Å². The summed E-state index contributed by atoms with van der Waals surface area (Å²) in [7, 11) is -4.62. The maximum Gasteiger partial charge on any atom is 0.573 e. The zero-order valence-corrected chi connectivity index (χ0v) is 11.7. The normalized spacial score (nSPS) is 12.8. The van der Waals surface area contributed by atoms with Crippen molar-refractivity contribution < 1.29 is 35.1 Å². The quantitative estimate of drug-likeness (QED) is 0.638. The van der Waals surface area contributed by atoms with E-state index in [0.717, 1.165) is 0 Å². The van der Waals surface area contributed by atoms with Gasteiger partial charge >= 0.3 is 6.36 Å². The number of primary sulfonamides is 1. The predicted molar refractivity (Wildman–Crippen MR) is 59.9 cm³/mol. The van der Waals surface area contributed by atoms with Gasteiger partial charge in [-0.2, -0.15) is 0 Å². The maximum absolute atomic E-state index is 12.7. The zero-order chi connectivity index (χ0) is 15.7. The molecule has 0 amide bonds. The molecular weight excluding hydrogens is 379 g/mol. The van der Waals surface area contributed by atoms with Crippen LogP contribution in [0.2, 0.25) is 0 Å². The summed E-state index contributed by atoms with van der Waals surface area (Å²) in [4.78, 5) is 3.20. The van der Waals surface area contributed by atoms with E-state index in [-0.39, 0.29) is 11.4 Å². The molecule has 0 spiro atoms. The third-order valence-corrected chi connectivity index (χ3v) is 3.31. The highest BCUT2D eigenvalue weighted by Gasteiger charge is 2.34. The Morgan fingerprint density at radius 1 is 1.40 bits per heavy atom. The SMILES string of the molecule is NS(=O)(=O)c1nc(CBr)c(OC(F)(F)F)cc1C(F)F. The lowest BCUT2D eigenvalue weighted by Gasteiger charge is -2.15. The molecule has 0 atom stereocenters. The molecule has 0 aliphatic carbocycles. The smallest absolute Gasteiger partial charge is 0.404 e. The largest absolute Gasteiger partial charge is 0.573 e. The Balaban J connectivity index is 3.54. The summed E-state index contributed by atoms with van der Waals surface area (Å²) in [6.45, 7) is 0. The number of ether oxygens (including phenoxy) is 1. The molecule has 0 saturated heterocycles. The van der Waals surface area contributed by atoms with Gasteiger partial charge in [-0.25, -0.2) is 27.3 Å². The fourth-order valence-corrected chi connectivity index (χ4v) is 2.34. The average molecular weight is 385 g/mol. The lowest BCUT2D eigenvalue weighted by Crippen LogP contribution is -2.21. The summed E-state index contributed by atoms with van der Waals surface area (Å²) in [5.74, 6) is -1.03. The van der Waals surface area contributed by atoms with Crippen LogP contribution in [0, 0.1) is 0 Å². The first-order chi connectivity index (χ1) is 8.95. The van der Waals surface area contributed by atoms with Crippen molar-refractivity contribution in [1.29, 1.82) is 0 Å². The van der Waals surface area contributed by atoms with E-state index in [1.54, 1.807) is 0 Å². The van der Waals surface area contributed by atoms with Crippen LogP contribution < -0.4 is 9.88 Å². The van der Waals surface area contributed by atoms with Gasteiger partial charge in [-0.05, 0) is 6.07 Å². The monoisotopic (exact) mass is 384 g/mol. The van der Waals surface area contributed by atoms with Gasteiger partial charge in [0.1, 0.15) is 0 Å². The van der Waals surface area contributed by atoms with Crippen molar-refractivity contribution in [1.82, 2.24) is 4.98 Å². The maximum atomic E-state index is 12.7. The highest BCUT2D eigenvalue weighted by atomic mass is 79.9. The van der Waals surface area contributed by atoms with Crippen LogP contribution in [0.25, 0.3) is 0 Å². The molecule has 20 heavy (non-hydrogen) atoms. The first kappa shape index (κ1) is 17.0. The Morgan fingerprint density at radius 3 is 2.30 bits per heavy atom. The molecule has 0 fully saturated rings. The molecule has 0 radical (unpaired) electrons. The molecule has 0 aliphatic rings. The van der Waals surface area contributed by atoms with Crippen molar-refractivity contribution in [3.8, 4) is 5.75 Å². The molecule has 2 N–H and O–H groups in total. The third kappa shape index (κ3) is 4.24. The van der Waals surface area contributed by atoms with Gasteiger partial charge in [0.2, 0.25) is 0 Å². The van der Waals surface area contributed by atoms with Crippen molar-refractivity contribution in [2.45, 2.75) is 23.1 Å². The number of rotatable bonds is 4. The van der Waals surface area contributed by atoms with Crippen LogP contribution in [0.3, 0.4) is 0 Å². The second kappa shape index (κ2) is 5.77. The Labute approximate surface area is 118 Å². The molecule has 0 aromatic carbocycles. The van der Waals surface area contributed by atoms with E-state index >= 15 is 0 Å². The van der Waals surface area contributed by atoms with Crippen LogP contribution in [0.5, 0.6) is 5.75 Å². The number of pyridine rings is 1. The van der Waals surface area contributed by atoms with Gasteiger partial charge in [0, 0.05) is 5.33 Å². The summed E-state index contributed by atoms with van der Waals surface area (Å²) in [5, 5.41) is 3.14. The second-order valence-electron chi connectivity index (χ2n) is 3.35. The number of nitrogens with zero attached hydrogens (tertiary/aromatic N) is 1. The van der Waals surface area contributed by atoms with Gasteiger partial charge in [-0.15, -0.1) is 13.2 Å². The Morgan fingerprint density at radius 2 is 1.95 bits per heavy atom. The minimum Gasteiger partial charge on any atom is -0.404 e. The number of hydrogen-bond acceptors (Lipinski definition) is 4. The van der Waals surface area contributed by atoms with Gasteiger partial charge in [-0.1, -0.05) is 15.9 Å². The van der Waals surface area contributed by atoms with Gasteiger partial charge in [-0.3, -0.25) is 0 Å². The van der Waals surface area contributed by atoms with Crippen molar-refractivity contribution in [2.24, 2.45) is 5.14 Å². The molecule has 0 saturated carbocycles. The summed E-state index contributed by atoms with van der Waals surface area (Å²) < 4.78 is 87.6. The Bertz CT molecular complexity index is 605. The summed E-state index contributed by atoms with van der Waals surface area (Å²) >= 11 is 2.75. The number of sulfonamides is 1. The van der Waals surface area contributed by atoms with Crippen molar-refractivity contribution in [3.05, 3.63) is 17.3 Å². The number of halogens is 6. The highest BCUT2D eigenvalue weighted by molar-refractivity contribution is 9.08. The minimum absolute atomic E-state index is 0.251. The first-order valence-electron chi connectivity index (χ1n) is 4.62. The van der Waals surface area contributed by atoms with E-state index in [4.69, 9.17) is 5.14 Å². The van der Waals surface area contributed by atoms with E-state index in [0.29, 0.717) is 0 Å². The molecule has 114 valence electrons. The molecule has 0 unspecified atom stereocenters.